The maximum absolute atomic E-state index is 11.5. The molecular weight excluding hydrogens is 248 g/mol. The fourth-order valence-corrected chi connectivity index (χ4v) is 3.20. The van der Waals surface area contributed by atoms with Crippen LogP contribution in [0.1, 0.15) is 34.1 Å². The fourth-order valence-electron chi connectivity index (χ4n) is 2.34. The summed E-state index contributed by atoms with van der Waals surface area (Å²) in [6.07, 6.45) is 0.755. The van der Waals surface area contributed by atoms with E-state index in [1.54, 1.807) is 6.92 Å². The largest absolute Gasteiger partial charge is 0.311 e. The molecule has 0 radical (unpaired) electrons. The highest BCUT2D eigenvalue weighted by molar-refractivity contribution is 7.91. The molecule has 1 aliphatic heterocycles. The van der Waals surface area contributed by atoms with Gasteiger partial charge in [0.15, 0.2) is 0 Å². The molecule has 2 atom stereocenters. The maximum Gasteiger partial charge on any atom is 0.150 e. The van der Waals surface area contributed by atoms with Gasteiger partial charge in [0.1, 0.15) is 9.84 Å². The van der Waals surface area contributed by atoms with E-state index in [1.807, 2.05) is 0 Å². The molecule has 0 bridgehead atoms. The topological polar surface area (TPSA) is 49.4 Å². The summed E-state index contributed by atoms with van der Waals surface area (Å²) in [5.74, 6) is 1.21. The van der Waals surface area contributed by atoms with Crippen molar-refractivity contribution in [3.05, 3.63) is 0 Å². The molecule has 1 fully saturated rings. The summed E-state index contributed by atoms with van der Waals surface area (Å²) < 4.78 is 22.9. The summed E-state index contributed by atoms with van der Waals surface area (Å²) >= 11 is 0. The first-order chi connectivity index (χ1) is 8.35. The van der Waals surface area contributed by atoms with E-state index in [2.05, 4.69) is 31.0 Å². The van der Waals surface area contributed by atoms with Crippen LogP contribution in [0.2, 0.25) is 0 Å². The normalized spacial score (nSPS) is 26.7. The lowest BCUT2D eigenvalue weighted by Crippen LogP contribution is -2.57. The van der Waals surface area contributed by atoms with E-state index in [9.17, 15) is 8.42 Å². The first kappa shape index (κ1) is 15.9. The zero-order chi connectivity index (χ0) is 13.8. The van der Waals surface area contributed by atoms with Crippen molar-refractivity contribution in [2.24, 2.45) is 5.92 Å². The van der Waals surface area contributed by atoms with Crippen molar-refractivity contribution in [1.82, 2.24) is 10.2 Å². The molecule has 0 amide bonds. The Kier molecular flexibility index (Phi) is 6.08. The maximum atomic E-state index is 11.5. The van der Waals surface area contributed by atoms with Crippen molar-refractivity contribution in [2.45, 2.75) is 46.2 Å². The van der Waals surface area contributed by atoms with Crippen LogP contribution in [0.3, 0.4) is 0 Å². The average molecular weight is 276 g/mol. The first-order valence-corrected chi connectivity index (χ1v) is 8.85. The third-order valence-electron chi connectivity index (χ3n) is 3.88. The van der Waals surface area contributed by atoms with Crippen LogP contribution in [0, 0.1) is 5.92 Å². The Labute approximate surface area is 112 Å². The molecule has 0 aliphatic carbocycles. The summed E-state index contributed by atoms with van der Waals surface area (Å²) in [6, 6.07) is 1.04. The Morgan fingerprint density at radius 2 is 2.06 bits per heavy atom. The molecule has 1 N–H and O–H groups in total. The number of sulfone groups is 1. The molecule has 4 nitrogen and oxygen atoms in total. The Bertz CT molecular complexity index is 341. The van der Waals surface area contributed by atoms with Crippen molar-refractivity contribution in [3.8, 4) is 0 Å². The number of rotatable bonds is 6. The molecule has 18 heavy (non-hydrogen) atoms. The van der Waals surface area contributed by atoms with E-state index >= 15 is 0 Å². The van der Waals surface area contributed by atoms with Crippen LogP contribution in [0.25, 0.3) is 0 Å². The Hall–Kier alpha value is -0.130. The monoisotopic (exact) mass is 276 g/mol. The molecular formula is C13H28N2O2S. The zero-order valence-corrected chi connectivity index (χ0v) is 13.0. The summed E-state index contributed by atoms with van der Waals surface area (Å²) in [5, 5.41) is 3.56. The number of hydrogen-bond acceptors (Lipinski definition) is 4. The SMILES string of the molecule is CCS(=O)(=O)CCCN1CC(C(C)C)NCC1C. The second kappa shape index (κ2) is 6.87. The van der Waals surface area contributed by atoms with Gasteiger partial charge in [-0.2, -0.15) is 0 Å². The zero-order valence-electron chi connectivity index (χ0n) is 12.1. The van der Waals surface area contributed by atoms with Gasteiger partial charge in [-0.1, -0.05) is 20.8 Å². The van der Waals surface area contributed by atoms with E-state index in [1.165, 1.54) is 0 Å². The van der Waals surface area contributed by atoms with E-state index < -0.39 is 9.84 Å². The molecule has 108 valence electrons. The minimum absolute atomic E-state index is 0.263. The Morgan fingerprint density at radius 3 is 2.61 bits per heavy atom. The molecule has 1 heterocycles. The van der Waals surface area contributed by atoms with Crippen LogP contribution in [0.5, 0.6) is 0 Å². The van der Waals surface area contributed by atoms with Gasteiger partial charge in [-0.05, 0) is 25.8 Å². The minimum atomic E-state index is -2.81. The summed E-state index contributed by atoms with van der Waals surface area (Å²) in [4.78, 5) is 2.42. The van der Waals surface area contributed by atoms with Gasteiger partial charge in [0.05, 0.1) is 5.75 Å². The molecule has 1 aliphatic rings. The number of nitrogens with zero attached hydrogens (tertiary/aromatic N) is 1. The molecule has 0 spiro atoms. The molecule has 2 unspecified atom stereocenters. The van der Waals surface area contributed by atoms with Crippen molar-refractivity contribution in [3.63, 3.8) is 0 Å². The van der Waals surface area contributed by atoms with Gasteiger partial charge in [-0.3, -0.25) is 4.90 Å². The molecule has 1 saturated heterocycles. The van der Waals surface area contributed by atoms with Crippen LogP contribution < -0.4 is 5.32 Å². The average Bonchev–Trinajstić information content (AvgIpc) is 2.31. The van der Waals surface area contributed by atoms with Crippen molar-refractivity contribution < 1.29 is 8.42 Å². The van der Waals surface area contributed by atoms with Crippen LogP contribution in [0.4, 0.5) is 0 Å². The van der Waals surface area contributed by atoms with Gasteiger partial charge < -0.3 is 5.32 Å². The Balaban J connectivity index is 2.40. The lowest BCUT2D eigenvalue weighted by Gasteiger charge is -2.40. The highest BCUT2D eigenvalue weighted by Crippen LogP contribution is 2.13. The van der Waals surface area contributed by atoms with Crippen LogP contribution in [0.15, 0.2) is 0 Å². The summed E-state index contributed by atoms with van der Waals surface area (Å²) in [6.45, 7) is 11.3. The van der Waals surface area contributed by atoms with Crippen molar-refractivity contribution in [2.75, 3.05) is 31.1 Å². The number of hydrogen-bond donors (Lipinski definition) is 1. The molecule has 0 aromatic rings. The van der Waals surface area contributed by atoms with Crippen molar-refractivity contribution in [1.29, 1.82) is 0 Å². The lowest BCUT2D eigenvalue weighted by molar-refractivity contribution is 0.123. The lowest BCUT2D eigenvalue weighted by atomic mass is 10.00. The molecule has 1 rings (SSSR count). The quantitative estimate of drug-likeness (QED) is 0.790. The van der Waals surface area contributed by atoms with Gasteiger partial charge in [-0.25, -0.2) is 8.42 Å². The smallest absolute Gasteiger partial charge is 0.150 e. The summed E-state index contributed by atoms with van der Waals surface area (Å²) in [7, 11) is -2.81. The standard InChI is InChI=1S/C13H28N2O2S/c1-5-18(16,17)8-6-7-15-10-13(11(2)3)14-9-12(15)4/h11-14H,5-10H2,1-4H3. The third kappa shape index (κ3) is 4.86. The number of piperazine rings is 1. The Morgan fingerprint density at radius 1 is 1.39 bits per heavy atom. The molecule has 5 heteroatoms. The molecule has 0 aromatic heterocycles. The van der Waals surface area contributed by atoms with Gasteiger partial charge in [0, 0.05) is 30.9 Å². The summed E-state index contributed by atoms with van der Waals surface area (Å²) in [5.41, 5.74) is 0. The van der Waals surface area contributed by atoms with Crippen molar-refractivity contribution >= 4 is 9.84 Å². The van der Waals surface area contributed by atoms with Gasteiger partial charge in [-0.15, -0.1) is 0 Å². The fraction of sp³-hybridized carbons (Fsp3) is 1.00. The second-order valence-electron chi connectivity index (χ2n) is 5.69. The highest BCUT2D eigenvalue weighted by atomic mass is 32.2. The van der Waals surface area contributed by atoms with E-state index in [-0.39, 0.29) is 5.75 Å². The van der Waals surface area contributed by atoms with Gasteiger partial charge in [0.2, 0.25) is 0 Å². The van der Waals surface area contributed by atoms with Gasteiger partial charge >= 0.3 is 0 Å². The second-order valence-corrected chi connectivity index (χ2v) is 8.17. The highest BCUT2D eigenvalue weighted by Gasteiger charge is 2.26. The van der Waals surface area contributed by atoms with Gasteiger partial charge in [0.25, 0.3) is 0 Å². The number of nitrogens with one attached hydrogen (secondary N) is 1. The predicted octanol–water partition coefficient (Wildman–Crippen LogP) is 1.13. The van der Waals surface area contributed by atoms with E-state index in [0.29, 0.717) is 23.8 Å². The molecule has 0 saturated carbocycles. The third-order valence-corrected chi connectivity index (χ3v) is 5.67. The molecule has 0 aromatic carbocycles. The van der Waals surface area contributed by atoms with E-state index in [4.69, 9.17) is 0 Å². The van der Waals surface area contributed by atoms with Crippen LogP contribution >= 0.6 is 0 Å². The van der Waals surface area contributed by atoms with E-state index in [0.717, 1.165) is 26.1 Å². The first-order valence-electron chi connectivity index (χ1n) is 7.03. The minimum Gasteiger partial charge on any atom is -0.311 e. The van der Waals surface area contributed by atoms with Crippen LogP contribution in [-0.4, -0.2) is 56.5 Å². The predicted molar refractivity (Wildman–Crippen MR) is 76.6 cm³/mol. The van der Waals surface area contributed by atoms with Crippen LogP contribution in [-0.2, 0) is 9.84 Å².